The molecule has 3 rings (SSSR count). The number of aromatic nitrogens is 1. The second kappa shape index (κ2) is 6.95. The minimum atomic E-state index is -0.639. The molecule has 0 aliphatic rings. The molecule has 0 atom stereocenters. The Hall–Kier alpha value is -3.22. The fraction of sp³-hybridized carbons (Fsp3) is 0.211. The molecule has 2 heterocycles. The predicted molar refractivity (Wildman–Crippen MR) is 94.8 cm³/mol. The van der Waals surface area contributed by atoms with Crippen molar-refractivity contribution >= 4 is 22.6 Å². The van der Waals surface area contributed by atoms with Gasteiger partial charge in [-0.05, 0) is 43.2 Å². The summed E-state index contributed by atoms with van der Waals surface area (Å²) in [4.78, 5) is 27.1. The highest BCUT2D eigenvalue weighted by molar-refractivity contribution is 5.82. The summed E-state index contributed by atoms with van der Waals surface area (Å²) in [5.74, 6) is -0.537. The summed E-state index contributed by atoms with van der Waals surface area (Å²) >= 11 is 0. The third kappa shape index (κ3) is 3.42. The minimum absolute atomic E-state index is 0.0469. The summed E-state index contributed by atoms with van der Waals surface area (Å²) in [5.41, 5.74) is 6.56. The van der Waals surface area contributed by atoms with Crippen molar-refractivity contribution in [2.75, 3.05) is 12.3 Å². The largest absolute Gasteiger partial charge is 0.486 e. The molecule has 0 amide bonds. The van der Waals surface area contributed by atoms with Crippen LogP contribution < -0.4 is 16.1 Å². The molecule has 134 valence electrons. The van der Waals surface area contributed by atoms with Crippen molar-refractivity contribution in [3.05, 3.63) is 63.4 Å². The second-order valence-electron chi connectivity index (χ2n) is 5.99. The standard InChI is InChI=1S/C19H17FN2O4/c1-10(23)9-25-13-3-4-14-11(2)15(19(24)26-16(14)8-13)7-12-5-6-22-18(21)17(12)20/h3-6,8H,7,9H2,1-2H3,(H2,21,22). The summed E-state index contributed by atoms with van der Waals surface area (Å²) in [7, 11) is 0. The minimum Gasteiger partial charge on any atom is -0.486 e. The Kier molecular flexibility index (Phi) is 4.71. The van der Waals surface area contributed by atoms with Crippen LogP contribution in [0.4, 0.5) is 10.2 Å². The first-order chi connectivity index (χ1) is 12.4. The molecular formula is C19H17FN2O4. The highest BCUT2D eigenvalue weighted by atomic mass is 19.1. The van der Waals surface area contributed by atoms with Gasteiger partial charge in [-0.2, -0.15) is 0 Å². The van der Waals surface area contributed by atoms with Gasteiger partial charge in [-0.1, -0.05) is 0 Å². The van der Waals surface area contributed by atoms with Crippen molar-refractivity contribution in [3.63, 3.8) is 0 Å². The van der Waals surface area contributed by atoms with Gasteiger partial charge in [-0.25, -0.2) is 14.2 Å². The van der Waals surface area contributed by atoms with Crippen molar-refractivity contribution in [3.8, 4) is 5.75 Å². The summed E-state index contributed by atoms with van der Waals surface area (Å²) in [5, 5.41) is 0.706. The van der Waals surface area contributed by atoms with E-state index in [9.17, 15) is 14.0 Å². The lowest BCUT2D eigenvalue weighted by Crippen LogP contribution is -2.12. The molecule has 2 aromatic heterocycles. The number of nitrogen functional groups attached to an aromatic ring is 1. The van der Waals surface area contributed by atoms with Gasteiger partial charge in [0, 0.05) is 29.6 Å². The van der Waals surface area contributed by atoms with Crippen LogP contribution in [0.2, 0.25) is 0 Å². The molecule has 0 radical (unpaired) electrons. The lowest BCUT2D eigenvalue weighted by molar-refractivity contribution is -0.118. The Morgan fingerprint density at radius 3 is 2.85 bits per heavy atom. The second-order valence-corrected chi connectivity index (χ2v) is 5.99. The summed E-state index contributed by atoms with van der Waals surface area (Å²) in [6.07, 6.45) is 1.44. The molecule has 2 N–H and O–H groups in total. The fourth-order valence-electron chi connectivity index (χ4n) is 2.68. The van der Waals surface area contributed by atoms with Gasteiger partial charge in [0.1, 0.15) is 17.9 Å². The van der Waals surface area contributed by atoms with Crippen LogP contribution >= 0.6 is 0 Å². The molecule has 0 saturated heterocycles. The first-order valence-electron chi connectivity index (χ1n) is 7.94. The van der Waals surface area contributed by atoms with Gasteiger partial charge in [-0.3, -0.25) is 4.79 Å². The van der Waals surface area contributed by atoms with Crippen molar-refractivity contribution in [1.82, 2.24) is 4.98 Å². The van der Waals surface area contributed by atoms with E-state index in [-0.39, 0.29) is 30.2 Å². The average molecular weight is 356 g/mol. The zero-order valence-corrected chi connectivity index (χ0v) is 14.3. The molecule has 3 aromatic rings. The van der Waals surface area contributed by atoms with Gasteiger partial charge in [0.25, 0.3) is 0 Å². The van der Waals surface area contributed by atoms with Crippen molar-refractivity contribution in [1.29, 1.82) is 0 Å². The van der Waals surface area contributed by atoms with Crippen molar-refractivity contribution in [2.45, 2.75) is 20.3 Å². The summed E-state index contributed by atoms with van der Waals surface area (Å²) < 4.78 is 24.8. The van der Waals surface area contributed by atoms with E-state index in [0.29, 0.717) is 27.8 Å². The van der Waals surface area contributed by atoms with Crippen LogP contribution in [-0.2, 0) is 11.2 Å². The summed E-state index contributed by atoms with van der Waals surface area (Å²) in [6, 6.07) is 6.46. The Labute approximate surface area is 148 Å². The van der Waals surface area contributed by atoms with E-state index in [0.717, 1.165) is 0 Å². The Morgan fingerprint density at radius 1 is 1.35 bits per heavy atom. The fourth-order valence-corrected chi connectivity index (χ4v) is 2.68. The Morgan fingerprint density at radius 2 is 2.12 bits per heavy atom. The molecule has 0 saturated carbocycles. The predicted octanol–water partition coefficient (Wildman–Crippen LogP) is 2.78. The molecule has 6 nitrogen and oxygen atoms in total. The smallest absolute Gasteiger partial charge is 0.340 e. The molecule has 0 fully saturated rings. The lowest BCUT2D eigenvalue weighted by Gasteiger charge is -2.10. The molecule has 1 aromatic carbocycles. The average Bonchev–Trinajstić information content (AvgIpc) is 2.60. The Balaban J connectivity index is 2.02. The molecule has 0 unspecified atom stereocenters. The number of hydrogen-bond donors (Lipinski definition) is 1. The van der Waals surface area contributed by atoms with Gasteiger partial charge in [0.2, 0.25) is 0 Å². The number of pyridine rings is 1. The Bertz CT molecular complexity index is 1060. The monoisotopic (exact) mass is 356 g/mol. The van der Waals surface area contributed by atoms with E-state index in [2.05, 4.69) is 4.98 Å². The quantitative estimate of drug-likeness (QED) is 0.706. The summed E-state index contributed by atoms with van der Waals surface area (Å²) in [6.45, 7) is 3.13. The third-order valence-electron chi connectivity index (χ3n) is 4.06. The normalized spacial score (nSPS) is 10.9. The SMILES string of the molecule is CC(=O)COc1ccc2c(C)c(Cc3ccnc(N)c3F)c(=O)oc2c1. The molecule has 26 heavy (non-hydrogen) atoms. The van der Waals surface area contributed by atoms with E-state index in [1.54, 1.807) is 25.1 Å². The van der Waals surface area contributed by atoms with Gasteiger partial charge in [0.15, 0.2) is 17.4 Å². The van der Waals surface area contributed by atoms with Crippen LogP contribution in [0.15, 0.2) is 39.7 Å². The third-order valence-corrected chi connectivity index (χ3v) is 4.06. The molecule has 7 heteroatoms. The van der Waals surface area contributed by atoms with Gasteiger partial charge >= 0.3 is 5.63 Å². The number of halogens is 1. The van der Waals surface area contributed by atoms with Crippen LogP contribution in [0, 0.1) is 12.7 Å². The van der Waals surface area contributed by atoms with E-state index in [1.807, 2.05) is 0 Å². The van der Waals surface area contributed by atoms with E-state index >= 15 is 0 Å². The van der Waals surface area contributed by atoms with Crippen LogP contribution in [-0.4, -0.2) is 17.4 Å². The number of benzene rings is 1. The molecular weight excluding hydrogens is 339 g/mol. The number of carbonyl (C=O) groups is 1. The number of fused-ring (bicyclic) bond motifs is 1. The maximum atomic E-state index is 14.1. The maximum absolute atomic E-state index is 14.1. The molecule has 0 spiro atoms. The number of anilines is 1. The molecule has 0 aliphatic carbocycles. The number of rotatable bonds is 5. The van der Waals surface area contributed by atoms with E-state index in [4.69, 9.17) is 14.9 Å². The van der Waals surface area contributed by atoms with Gasteiger partial charge in [0.05, 0.1) is 0 Å². The van der Waals surface area contributed by atoms with Crippen LogP contribution in [0.25, 0.3) is 11.0 Å². The van der Waals surface area contributed by atoms with Gasteiger partial charge < -0.3 is 14.9 Å². The zero-order valence-electron chi connectivity index (χ0n) is 14.3. The van der Waals surface area contributed by atoms with Gasteiger partial charge in [-0.15, -0.1) is 0 Å². The number of nitrogens with zero attached hydrogens (tertiary/aromatic N) is 1. The topological polar surface area (TPSA) is 95.4 Å². The van der Waals surface area contributed by atoms with E-state index < -0.39 is 11.4 Å². The highest BCUT2D eigenvalue weighted by Gasteiger charge is 2.16. The number of Topliss-reactive ketones (excluding diaryl/α,β-unsaturated/α-hetero) is 1. The number of nitrogens with two attached hydrogens (primary N) is 1. The molecule has 0 bridgehead atoms. The number of carbonyl (C=O) groups excluding carboxylic acids is 1. The first-order valence-corrected chi connectivity index (χ1v) is 7.94. The number of hydrogen-bond acceptors (Lipinski definition) is 6. The number of aryl methyl sites for hydroxylation is 1. The van der Waals surface area contributed by atoms with Crippen LogP contribution in [0.3, 0.4) is 0 Å². The highest BCUT2D eigenvalue weighted by Crippen LogP contribution is 2.26. The van der Waals surface area contributed by atoms with E-state index in [1.165, 1.54) is 19.2 Å². The molecule has 0 aliphatic heterocycles. The lowest BCUT2D eigenvalue weighted by atomic mass is 10.00. The van der Waals surface area contributed by atoms with Crippen LogP contribution in [0.1, 0.15) is 23.6 Å². The zero-order chi connectivity index (χ0) is 18.8. The number of ether oxygens (including phenoxy) is 1. The maximum Gasteiger partial charge on any atom is 0.340 e. The number of ketones is 1. The first kappa shape index (κ1) is 17.6. The van der Waals surface area contributed by atoms with Crippen molar-refractivity contribution < 1.29 is 18.3 Å². The van der Waals surface area contributed by atoms with Crippen molar-refractivity contribution in [2.24, 2.45) is 0 Å². The van der Waals surface area contributed by atoms with Crippen LogP contribution in [0.5, 0.6) is 5.75 Å².